The lowest BCUT2D eigenvalue weighted by Crippen LogP contribution is -2.60. The first-order chi connectivity index (χ1) is 10.1. The molecule has 21 heavy (non-hydrogen) atoms. The van der Waals surface area contributed by atoms with Crippen molar-refractivity contribution >= 4 is 17.7 Å². The van der Waals surface area contributed by atoms with E-state index in [1.165, 1.54) is 30.6 Å². The molecule has 0 radical (unpaired) electrons. The Hall–Kier alpha value is -1.39. The Kier molecular flexibility index (Phi) is 4.00. The van der Waals surface area contributed by atoms with E-state index >= 15 is 0 Å². The number of fused-ring (bicyclic) bond motifs is 1. The van der Waals surface area contributed by atoms with Crippen LogP contribution in [0.1, 0.15) is 51.9 Å². The van der Waals surface area contributed by atoms with E-state index in [4.69, 9.17) is 0 Å². The molecular formula is C16H24N2O3. The first kappa shape index (κ1) is 14.5. The third kappa shape index (κ3) is 2.83. The highest BCUT2D eigenvalue weighted by Crippen LogP contribution is 2.43. The molecule has 4 atom stereocenters. The molecular weight excluding hydrogens is 268 g/mol. The summed E-state index contributed by atoms with van der Waals surface area (Å²) >= 11 is 0. The number of piperazine rings is 1. The quantitative estimate of drug-likeness (QED) is 0.744. The zero-order valence-electron chi connectivity index (χ0n) is 12.6. The van der Waals surface area contributed by atoms with Gasteiger partial charge >= 0.3 is 0 Å². The Balaban J connectivity index is 1.67. The lowest BCUT2D eigenvalue weighted by molar-refractivity contribution is -0.152. The van der Waals surface area contributed by atoms with Gasteiger partial charge in [-0.1, -0.05) is 25.7 Å². The van der Waals surface area contributed by atoms with Crippen molar-refractivity contribution in [2.45, 2.75) is 57.9 Å². The Morgan fingerprint density at radius 1 is 1.10 bits per heavy atom. The number of hydrogen-bond acceptors (Lipinski definition) is 3. The Morgan fingerprint density at radius 2 is 1.81 bits per heavy atom. The SMILES string of the molecule is CC1C(=O)NC(=O)CN1C(=O)C1CCC2CCCCC2C1. The number of carbonyl (C=O) groups excluding carboxylic acids is 3. The highest BCUT2D eigenvalue weighted by molar-refractivity contribution is 6.04. The molecule has 3 fully saturated rings. The van der Waals surface area contributed by atoms with Crippen LogP contribution in [0.5, 0.6) is 0 Å². The Labute approximate surface area is 125 Å². The van der Waals surface area contributed by atoms with Crippen molar-refractivity contribution in [1.29, 1.82) is 0 Å². The van der Waals surface area contributed by atoms with Crippen LogP contribution >= 0.6 is 0 Å². The van der Waals surface area contributed by atoms with Gasteiger partial charge in [-0.2, -0.15) is 0 Å². The van der Waals surface area contributed by atoms with Crippen LogP contribution in [0.2, 0.25) is 0 Å². The van der Waals surface area contributed by atoms with Crippen molar-refractivity contribution in [2.75, 3.05) is 6.54 Å². The first-order valence-corrected chi connectivity index (χ1v) is 8.20. The van der Waals surface area contributed by atoms with Crippen molar-refractivity contribution in [3.8, 4) is 0 Å². The van der Waals surface area contributed by atoms with E-state index in [1.54, 1.807) is 6.92 Å². The highest BCUT2D eigenvalue weighted by atomic mass is 16.2. The molecule has 0 spiro atoms. The van der Waals surface area contributed by atoms with Crippen molar-refractivity contribution in [3.63, 3.8) is 0 Å². The van der Waals surface area contributed by atoms with Gasteiger partial charge in [0, 0.05) is 5.92 Å². The molecule has 1 N–H and O–H groups in total. The number of nitrogens with zero attached hydrogens (tertiary/aromatic N) is 1. The number of carbonyl (C=O) groups is 3. The van der Waals surface area contributed by atoms with Gasteiger partial charge < -0.3 is 4.90 Å². The van der Waals surface area contributed by atoms with E-state index in [-0.39, 0.29) is 30.2 Å². The molecule has 0 aromatic carbocycles. The van der Waals surface area contributed by atoms with E-state index < -0.39 is 6.04 Å². The van der Waals surface area contributed by atoms with Crippen LogP contribution in [0, 0.1) is 17.8 Å². The van der Waals surface area contributed by atoms with Gasteiger partial charge in [-0.25, -0.2) is 0 Å². The largest absolute Gasteiger partial charge is 0.321 e. The van der Waals surface area contributed by atoms with E-state index in [2.05, 4.69) is 5.32 Å². The topological polar surface area (TPSA) is 66.5 Å². The number of rotatable bonds is 1. The average molecular weight is 292 g/mol. The molecule has 3 aliphatic rings. The standard InChI is InChI=1S/C16H24N2O3/c1-10-15(20)17-14(19)9-18(10)16(21)13-7-6-11-4-2-3-5-12(11)8-13/h10-13H,2-9H2,1H3,(H,17,19,20). The lowest BCUT2D eigenvalue weighted by Gasteiger charge is -2.41. The van der Waals surface area contributed by atoms with Gasteiger partial charge in [0.1, 0.15) is 12.6 Å². The highest BCUT2D eigenvalue weighted by Gasteiger charge is 2.40. The molecule has 0 bridgehead atoms. The third-order valence-electron chi connectivity index (χ3n) is 5.60. The van der Waals surface area contributed by atoms with Crippen LogP contribution in [0.15, 0.2) is 0 Å². The molecule has 3 amide bonds. The fourth-order valence-electron chi connectivity index (χ4n) is 4.32. The molecule has 1 saturated heterocycles. The summed E-state index contributed by atoms with van der Waals surface area (Å²) in [5.74, 6) is 0.765. The predicted molar refractivity (Wildman–Crippen MR) is 77.1 cm³/mol. The molecule has 5 nitrogen and oxygen atoms in total. The minimum Gasteiger partial charge on any atom is -0.321 e. The van der Waals surface area contributed by atoms with E-state index in [0.29, 0.717) is 5.92 Å². The van der Waals surface area contributed by atoms with Crippen molar-refractivity contribution < 1.29 is 14.4 Å². The third-order valence-corrected chi connectivity index (χ3v) is 5.60. The summed E-state index contributed by atoms with van der Waals surface area (Å²) in [7, 11) is 0. The molecule has 5 heteroatoms. The van der Waals surface area contributed by atoms with Crippen molar-refractivity contribution in [2.24, 2.45) is 17.8 Å². The van der Waals surface area contributed by atoms with E-state index in [0.717, 1.165) is 25.2 Å². The van der Waals surface area contributed by atoms with Gasteiger partial charge in [0.05, 0.1) is 0 Å². The maximum absolute atomic E-state index is 12.7. The number of imide groups is 1. The Morgan fingerprint density at radius 3 is 2.57 bits per heavy atom. The summed E-state index contributed by atoms with van der Waals surface area (Å²) < 4.78 is 0. The van der Waals surface area contributed by atoms with Crippen molar-refractivity contribution in [1.82, 2.24) is 10.2 Å². The number of nitrogens with one attached hydrogen (secondary N) is 1. The molecule has 0 aromatic rings. The van der Waals surface area contributed by atoms with Gasteiger partial charge in [-0.15, -0.1) is 0 Å². The summed E-state index contributed by atoms with van der Waals surface area (Å²) in [6.07, 6.45) is 8.15. The molecule has 0 aromatic heterocycles. The minimum atomic E-state index is -0.528. The molecule has 3 rings (SSSR count). The van der Waals surface area contributed by atoms with Gasteiger partial charge in [-0.05, 0) is 38.0 Å². The molecule has 1 aliphatic heterocycles. The second-order valence-electron chi connectivity index (χ2n) is 6.87. The zero-order chi connectivity index (χ0) is 15.0. The monoisotopic (exact) mass is 292 g/mol. The zero-order valence-corrected chi connectivity index (χ0v) is 12.6. The maximum Gasteiger partial charge on any atom is 0.249 e. The van der Waals surface area contributed by atoms with Crippen LogP contribution < -0.4 is 5.32 Å². The molecule has 116 valence electrons. The second kappa shape index (κ2) is 5.78. The van der Waals surface area contributed by atoms with Gasteiger partial charge in [0.2, 0.25) is 17.7 Å². The lowest BCUT2D eigenvalue weighted by atomic mass is 9.67. The molecule has 2 aliphatic carbocycles. The average Bonchev–Trinajstić information content (AvgIpc) is 2.49. The van der Waals surface area contributed by atoms with Crippen LogP contribution in [0.25, 0.3) is 0 Å². The van der Waals surface area contributed by atoms with Crippen LogP contribution in [0.4, 0.5) is 0 Å². The van der Waals surface area contributed by atoms with E-state index in [9.17, 15) is 14.4 Å². The first-order valence-electron chi connectivity index (χ1n) is 8.20. The van der Waals surface area contributed by atoms with Crippen LogP contribution in [-0.2, 0) is 14.4 Å². The molecule has 4 unspecified atom stereocenters. The molecule has 2 saturated carbocycles. The van der Waals surface area contributed by atoms with Gasteiger partial charge in [0.25, 0.3) is 0 Å². The summed E-state index contributed by atoms with van der Waals surface area (Å²) in [4.78, 5) is 37.4. The molecule has 1 heterocycles. The van der Waals surface area contributed by atoms with Gasteiger partial charge in [-0.3, -0.25) is 19.7 Å². The van der Waals surface area contributed by atoms with Gasteiger partial charge in [0.15, 0.2) is 0 Å². The Bertz CT molecular complexity index is 462. The van der Waals surface area contributed by atoms with Crippen molar-refractivity contribution in [3.05, 3.63) is 0 Å². The van der Waals surface area contributed by atoms with E-state index in [1.807, 2.05) is 0 Å². The fourth-order valence-corrected chi connectivity index (χ4v) is 4.32. The summed E-state index contributed by atoms with van der Waals surface area (Å²) in [5.41, 5.74) is 0. The summed E-state index contributed by atoms with van der Waals surface area (Å²) in [5, 5.41) is 2.29. The van der Waals surface area contributed by atoms with Crippen LogP contribution in [-0.4, -0.2) is 35.2 Å². The summed E-state index contributed by atoms with van der Waals surface area (Å²) in [6, 6.07) is -0.528. The number of amides is 3. The minimum absolute atomic E-state index is 0.00509. The summed E-state index contributed by atoms with van der Waals surface area (Å²) in [6.45, 7) is 1.72. The second-order valence-corrected chi connectivity index (χ2v) is 6.87. The maximum atomic E-state index is 12.7. The van der Waals surface area contributed by atoms with Crippen LogP contribution in [0.3, 0.4) is 0 Å². The number of hydrogen-bond donors (Lipinski definition) is 1. The predicted octanol–water partition coefficient (Wildman–Crippen LogP) is 1.47. The fraction of sp³-hybridized carbons (Fsp3) is 0.812. The smallest absolute Gasteiger partial charge is 0.249 e. The normalized spacial score (nSPS) is 36.9.